The summed E-state index contributed by atoms with van der Waals surface area (Å²) in [6.45, 7) is 5.63. The summed E-state index contributed by atoms with van der Waals surface area (Å²) >= 11 is 1.93. The molecule has 5 nitrogen and oxygen atoms in total. The summed E-state index contributed by atoms with van der Waals surface area (Å²) in [7, 11) is 0. The summed E-state index contributed by atoms with van der Waals surface area (Å²) in [6, 6.07) is 9.30. The van der Waals surface area contributed by atoms with E-state index in [1.54, 1.807) is 13.8 Å². The normalized spacial score (nSPS) is 14.1. The number of oxime groups is 1. The molecule has 0 spiro atoms. The van der Waals surface area contributed by atoms with Crippen LogP contribution in [0.5, 0.6) is 0 Å². The number of halogens is 1. The predicted molar refractivity (Wildman–Crippen MR) is 96.5 cm³/mol. The van der Waals surface area contributed by atoms with Crippen molar-refractivity contribution in [3.8, 4) is 9.85 Å². The van der Waals surface area contributed by atoms with E-state index in [4.69, 9.17) is 4.84 Å². The van der Waals surface area contributed by atoms with Crippen LogP contribution in [-0.4, -0.2) is 23.2 Å². The highest BCUT2D eigenvalue weighted by Gasteiger charge is 2.09. The lowest BCUT2D eigenvalue weighted by atomic mass is 10.1. The number of azo groups is 1. The van der Waals surface area contributed by atoms with Crippen molar-refractivity contribution in [2.75, 3.05) is 6.61 Å². The molecular formula is C16H18IN3O2. The molecule has 0 saturated heterocycles. The second-order valence-electron chi connectivity index (χ2n) is 4.55. The zero-order valence-electron chi connectivity index (χ0n) is 12.8. The Bertz CT molecular complexity index is 628. The molecule has 0 heterocycles. The van der Waals surface area contributed by atoms with Crippen LogP contribution in [0.25, 0.3) is 5.57 Å². The average Bonchev–Trinajstić information content (AvgIpc) is 2.52. The first kappa shape index (κ1) is 18.2. The first-order valence-electron chi connectivity index (χ1n) is 6.70. The van der Waals surface area contributed by atoms with Crippen LogP contribution < -0.4 is 0 Å². The average molecular weight is 411 g/mol. The van der Waals surface area contributed by atoms with Crippen LogP contribution in [0.1, 0.15) is 26.3 Å². The van der Waals surface area contributed by atoms with Crippen molar-refractivity contribution in [2.24, 2.45) is 10.3 Å². The molecule has 0 aromatic heterocycles. The van der Waals surface area contributed by atoms with Crippen LogP contribution >= 0.6 is 22.6 Å². The van der Waals surface area contributed by atoms with Gasteiger partial charge in [0.2, 0.25) is 6.20 Å². The van der Waals surface area contributed by atoms with Crippen LogP contribution in [0.2, 0.25) is 0 Å². The summed E-state index contributed by atoms with van der Waals surface area (Å²) in [6.07, 6.45) is 1.45. The first-order valence-corrected chi connectivity index (χ1v) is 7.78. The standard InChI is InChI=1S/C16H18IN3O2/c1-13(16-8-5-4-6-9-16)12-20(21)18-14(2)15(3)19-22-11-7-10-17/h4-6,8-9,12,14H,11H2,1-3H3/b13-12+,19-15+,20-18?. The molecule has 0 N–H and O–H groups in total. The third kappa shape index (κ3) is 6.72. The van der Waals surface area contributed by atoms with Gasteiger partial charge in [0.25, 0.3) is 0 Å². The summed E-state index contributed by atoms with van der Waals surface area (Å²) in [4.78, 5) is 5.57. The summed E-state index contributed by atoms with van der Waals surface area (Å²) in [5.41, 5.74) is 2.44. The largest absolute Gasteiger partial charge is 0.595 e. The number of hydrogen-bond donors (Lipinski definition) is 0. The quantitative estimate of drug-likeness (QED) is 0.134. The molecule has 0 saturated carbocycles. The fraction of sp³-hybridized carbons (Fsp3) is 0.312. The Morgan fingerprint density at radius 2 is 2.09 bits per heavy atom. The van der Waals surface area contributed by atoms with Gasteiger partial charge in [0.15, 0.2) is 12.6 Å². The molecule has 0 aliphatic carbocycles. The van der Waals surface area contributed by atoms with Gasteiger partial charge in [-0.05, 0) is 41.3 Å². The van der Waals surface area contributed by atoms with Crippen molar-refractivity contribution in [2.45, 2.75) is 26.8 Å². The van der Waals surface area contributed by atoms with E-state index in [-0.39, 0.29) is 12.6 Å². The molecule has 6 heteroatoms. The Morgan fingerprint density at radius 3 is 2.73 bits per heavy atom. The molecule has 0 radical (unpaired) electrons. The maximum Gasteiger partial charge on any atom is 0.212 e. The highest BCUT2D eigenvalue weighted by atomic mass is 127. The number of hydrogen-bond acceptors (Lipinski definition) is 4. The number of nitrogens with zero attached hydrogens (tertiary/aromatic N) is 3. The molecule has 1 aromatic carbocycles. The molecule has 0 fully saturated rings. The lowest BCUT2D eigenvalue weighted by Crippen LogP contribution is -2.13. The van der Waals surface area contributed by atoms with Crippen LogP contribution in [0.3, 0.4) is 0 Å². The van der Waals surface area contributed by atoms with E-state index in [0.29, 0.717) is 10.6 Å². The van der Waals surface area contributed by atoms with E-state index in [1.807, 2.05) is 59.8 Å². The molecule has 1 aromatic rings. The van der Waals surface area contributed by atoms with Crippen molar-refractivity contribution >= 4 is 33.9 Å². The zero-order valence-corrected chi connectivity index (χ0v) is 14.9. The van der Waals surface area contributed by atoms with Crippen molar-refractivity contribution in [1.29, 1.82) is 0 Å². The van der Waals surface area contributed by atoms with Crippen LogP contribution in [0.4, 0.5) is 0 Å². The molecule has 0 aliphatic heterocycles. The van der Waals surface area contributed by atoms with Crippen LogP contribution in [0.15, 0.2) is 46.8 Å². The van der Waals surface area contributed by atoms with E-state index in [2.05, 4.69) is 20.1 Å². The monoisotopic (exact) mass is 411 g/mol. The van der Waals surface area contributed by atoms with Crippen LogP contribution in [0, 0.1) is 15.1 Å². The predicted octanol–water partition coefficient (Wildman–Crippen LogP) is 4.19. The molecule has 0 amide bonds. The van der Waals surface area contributed by atoms with Gasteiger partial charge in [-0.25, -0.2) is 0 Å². The van der Waals surface area contributed by atoms with Gasteiger partial charge in [0, 0.05) is 28.2 Å². The van der Waals surface area contributed by atoms with Crippen molar-refractivity contribution < 1.29 is 9.70 Å². The van der Waals surface area contributed by atoms with Gasteiger partial charge in [-0.3, -0.25) is 0 Å². The van der Waals surface area contributed by atoms with E-state index in [1.165, 1.54) is 6.20 Å². The summed E-state index contributed by atoms with van der Waals surface area (Å²) in [5, 5.41) is 19.7. The summed E-state index contributed by atoms with van der Waals surface area (Å²) < 4.78 is 2.68. The Labute approximate surface area is 144 Å². The molecular weight excluding hydrogens is 393 g/mol. The second-order valence-corrected chi connectivity index (χ2v) is 5.09. The zero-order chi connectivity index (χ0) is 16.4. The molecule has 0 bridgehead atoms. The highest BCUT2D eigenvalue weighted by Crippen LogP contribution is 2.12. The maximum absolute atomic E-state index is 11.9. The van der Waals surface area contributed by atoms with Crippen molar-refractivity contribution in [1.82, 2.24) is 0 Å². The van der Waals surface area contributed by atoms with Gasteiger partial charge in [0.05, 0.1) is 5.71 Å². The van der Waals surface area contributed by atoms with Gasteiger partial charge >= 0.3 is 0 Å². The molecule has 116 valence electrons. The number of benzene rings is 1. The molecule has 1 unspecified atom stereocenters. The lowest BCUT2D eigenvalue weighted by Gasteiger charge is -2.04. The summed E-state index contributed by atoms with van der Waals surface area (Å²) in [5.74, 6) is 2.72. The molecule has 0 aliphatic rings. The lowest BCUT2D eigenvalue weighted by molar-refractivity contribution is -0.459. The third-order valence-corrected chi connectivity index (χ3v) is 3.22. The number of allylic oxidation sites excluding steroid dienone is 1. The minimum absolute atomic E-state index is 0.223. The molecule has 22 heavy (non-hydrogen) atoms. The van der Waals surface area contributed by atoms with Gasteiger partial charge in [-0.1, -0.05) is 40.3 Å². The van der Waals surface area contributed by atoms with Gasteiger partial charge in [0.1, 0.15) is 0 Å². The highest BCUT2D eigenvalue weighted by molar-refractivity contribution is 14.1. The Morgan fingerprint density at radius 1 is 1.41 bits per heavy atom. The number of rotatable bonds is 6. The van der Waals surface area contributed by atoms with Gasteiger partial charge in [-0.2, -0.15) is 0 Å². The topological polar surface area (TPSA) is 60.0 Å². The molecule has 1 atom stereocenters. The maximum atomic E-state index is 11.9. The van der Waals surface area contributed by atoms with E-state index >= 15 is 0 Å². The van der Waals surface area contributed by atoms with E-state index in [0.717, 1.165) is 11.1 Å². The van der Waals surface area contributed by atoms with E-state index in [9.17, 15) is 5.21 Å². The van der Waals surface area contributed by atoms with Gasteiger partial charge in [-0.15, -0.1) is 0 Å². The fourth-order valence-electron chi connectivity index (χ4n) is 1.50. The minimum Gasteiger partial charge on any atom is -0.595 e. The van der Waals surface area contributed by atoms with Gasteiger partial charge < -0.3 is 10.0 Å². The Balaban J connectivity index is 2.72. The first-order chi connectivity index (χ1) is 10.5. The minimum atomic E-state index is -0.370. The smallest absolute Gasteiger partial charge is 0.212 e. The SMILES string of the molecule is C/C(=C\[N+]([O-])=NC(C)/C(C)=N/OCC#CI)c1ccccc1. The van der Waals surface area contributed by atoms with Crippen molar-refractivity contribution in [3.63, 3.8) is 0 Å². The second kappa shape index (κ2) is 9.95. The Hall–Kier alpha value is -1.88. The molecule has 1 rings (SSSR count). The fourth-order valence-corrected chi connectivity index (χ4v) is 1.65. The van der Waals surface area contributed by atoms with Crippen molar-refractivity contribution in [3.05, 3.63) is 47.3 Å². The number of hydroxylamine groups is 1. The van der Waals surface area contributed by atoms with Crippen LogP contribution in [-0.2, 0) is 4.84 Å². The third-order valence-electron chi connectivity index (χ3n) is 2.84. The van der Waals surface area contributed by atoms with E-state index < -0.39 is 0 Å². The Kier molecular flexibility index (Phi) is 8.22.